The van der Waals surface area contributed by atoms with Crippen LogP contribution in [0, 0.1) is 10.1 Å². The van der Waals surface area contributed by atoms with Gasteiger partial charge in [0.2, 0.25) is 11.6 Å². The highest BCUT2D eigenvalue weighted by Gasteiger charge is 2.22. The molecule has 208 valence electrons. The molecule has 2 heterocycles. The van der Waals surface area contributed by atoms with Crippen molar-refractivity contribution in [2.75, 3.05) is 0 Å². The second-order valence-corrected chi connectivity index (χ2v) is 10.4. The van der Waals surface area contributed by atoms with Gasteiger partial charge in [0, 0.05) is 32.1 Å². The minimum absolute atomic E-state index is 0.00472. The van der Waals surface area contributed by atoms with Crippen molar-refractivity contribution in [2.45, 2.75) is 6.61 Å². The molecule has 9 nitrogen and oxygen atoms in total. The molecule has 0 amide bonds. The zero-order valence-electron chi connectivity index (χ0n) is 21.3. The molecule has 2 aromatic heterocycles. The van der Waals surface area contributed by atoms with Crippen molar-refractivity contribution in [3.8, 4) is 17.3 Å². The summed E-state index contributed by atoms with van der Waals surface area (Å²) in [7, 11) is 0. The van der Waals surface area contributed by atoms with Crippen molar-refractivity contribution in [3.05, 3.63) is 132 Å². The van der Waals surface area contributed by atoms with E-state index in [2.05, 4.69) is 10.1 Å². The summed E-state index contributed by atoms with van der Waals surface area (Å²) in [4.78, 5) is 29.6. The third-order valence-electron chi connectivity index (χ3n) is 6.32. The number of nitro benzene ring substituents is 1. The van der Waals surface area contributed by atoms with Crippen LogP contribution in [0.15, 0.2) is 99.2 Å². The smallest absolute Gasteiger partial charge is 0.313 e. The molecule has 0 N–H and O–H groups in total. The van der Waals surface area contributed by atoms with E-state index < -0.39 is 10.5 Å². The van der Waals surface area contributed by atoms with Crippen molar-refractivity contribution in [2.24, 2.45) is 5.10 Å². The fourth-order valence-electron chi connectivity index (χ4n) is 4.36. The van der Waals surface area contributed by atoms with Crippen LogP contribution in [0.5, 0.6) is 5.75 Å². The Kier molecular flexibility index (Phi) is 7.38. The molecule has 0 atom stereocenters. The van der Waals surface area contributed by atoms with E-state index in [1.54, 1.807) is 72.8 Å². The van der Waals surface area contributed by atoms with Gasteiger partial charge in [-0.1, -0.05) is 59.1 Å². The Labute approximate surface area is 252 Å². The molecular formula is C30H17Cl3N4O5. The Bertz CT molecular complexity index is 2090. The number of nitro groups is 1. The highest BCUT2D eigenvalue weighted by molar-refractivity contribution is 6.31. The third-order valence-corrected chi connectivity index (χ3v) is 7.03. The lowest BCUT2D eigenvalue weighted by molar-refractivity contribution is -0.385. The monoisotopic (exact) mass is 618 g/mol. The number of furan rings is 1. The van der Waals surface area contributed by atoms with E-state index in [4.69, 9.17) is 44.0 Å². The lowest BCUT2D eigenvalue weighted by Crippen LogP contribution is -2.20. The van der Waals surface area contributed by atoms with Gasteiger partial charge in [0.25, 0.3) is 5.56 Å². The van der Waals surface area contributed by atoms with E-state index in [0.717, 1.165) is 10.2 Å². The van der Waals surface area contributed by atoms with Crippen molar-refractivity contribution < 1.29 is 14.1 Å². The lowest BCUT2D eigenvalue weighted by Gasteiger charge is -2.11. The Morgan fingerprint density at radius 3 is 2.50 bits per heavy atom. The van der Waals surface area contributed by atoms with Gasteiger partial charge in [-0.25, -0.2) is 4.98 Å². The molecular weight excluding hydrogens is 603 g/mol. The maximum absolute atomic E-state index is 13.6. The van der Waals surface area contributed by atoms with E-state index in [0.29, 0.717) is 31.9 Å². The second kappa shape index (κ2) is 11.3. The number of halogens is 3. The molecule has 0 radical (unpaired) electrons. The molecule has 6 aromatic rings. The van der Waals surface area contributed by atoms with Gasteiger partial charge in [-0.15, -0.1) is 0 Å². The van der Waals surface area contributed by atoms with Gasteiger partial charge in [-0.3, -0.25) is 14.9 Å². The summed E-state index contributed by atoms with van der Waals surface area (Å²) < 4.78 is 13.0. The first-order chi connectivity index (χ1) is 20.3. The van der Waals surface area contributed by atoms with Crippen molar-refractivity contribution in [3.63, 3.8) is 0 Å². The molecule has 0 unspecified atom stereocenters. The summed E-state index contributed by atoms with van der Waals surface area (Å²) in [6, 6.07) is 23.1. The molecule has 0 saturated carbocycles. The minimum Gasteiger partial charge on any atom is -0.481 e. The van der Waals surface area contributed by atoms with Gasteiger partial charge < -0.3 is 9.15 Å². The highest BCUT2D eigenvalue weighted by atomic mass is 35.5. The first-order valence-corrected chi connectivity index (χ1v) is 13.5. The normalized spacial score (nSPS) is 11.5. The van der Waals surface area contributed by atoms with Gasteiger partial charge in [-0.2, -0.15) is 9.78 Å². The predicted octanol–water partition coefficient (Wildman–Crippen LogP) is 8.14. The van der Waals surface area contributed by atoms with Crippen LogP contribution >= 0.6 is 34.8 Å². The Morgan fingerprint density at radius 2 is 1.71 bits per heavy atom. The zero-order chi connectivity index (χ0) is 29.4. The summed E-state index contributed by atoms with van der Waals surface area (Å²) in [5.41, 5.74) is 1.03. The molecule has 0 spiro atoms. The number of nitrogens with zero attached hydrogens (tertiary/aromatic N) is 4. The number of hydrogen-bond acceptors (Lipinski definition) is 7. The summed E-state index contributed by atoms with van der Waals surface area (Å²) in [5.74, 6) is 0.302. The molecule has 0 fully saturated rings. The number of para-hydroxylation sites is 1. The average molecular weight is 620 g/mol. The predicted molar refractivity (Wildman–Crippen MR) is 163 cm³/mol. The van der Waals surface area contributed by atoms with Crippen LogP contribution in [0.2, 0.25) is 15.1 Å². The summed E-state index contributed by atoms with van der Waals surface area (Å²) in [5, 5.41) is 18.5. The molecule has 12 heteroatoms. The first kappa shape index (κ1) is 27.5. The number of benzene rings is 4. The quantitative estimate of drug-likeness (QED) is 0.101. The van der Waals surface area contributed by atoms with Gasteiger partial charge in [0.1, 0.15) is 12.2 Å². The van der Waals surface area contributed by atoms with E-state index in [9.17, 15) is 14.9 Å². The summed E-state index contributed by atoms with van der Waals surface area (Å²) in [6.45, 7) is 0.00472. The van der Waals surface area contributed by atoms with Crippen molar-refractivity contribution in [1.82, 2.24) is 9.66 Å². The topological polar surface area (TPSA) is 113 Å². The van der Waals surface area contributed by atoms with Crippen molar-refractivity contribution in [1.29, 1.82) is 0 Å². The maximum atomic E-state index is 13.6. The molecule has 0 bridgehead atoms. The molecule has 0 aliphatic heterocycles. The van der Waals surface area contributed by atoms with Crippen LogP contribution in [-0.2, 0) is 6.61 Å². The van der Waals surface area contributed by atoms with Crippen LogP contribution in [0.1, 0.15) is 11.1 Å². The van der Waals surface area contributed by atoms with E-state index in [-0.39, 0.29) is 40.2 Å². The summed E-state index contributed by atoms with van der Waals surface area (Å²) in [6.07, 6.45) is 1.26. The van der Waals surface area contributed by atoms with Crippen LogP contribution in [0.25, 0.3) is 33.5 Å². The minimum atomic E-state index is -0.602. The molecule has 0 aliphatic rings. The van der Waals surface area contributed by atoms with E-state index >= 15 is 0 Å². The fraction of sp³-hybridized carbons (Fsp3) is 0.0333. The van der Waals surface area contributed by atoms with Crippen LogP contribution in [0.3, 0.4) is 0 Å². The number of fused-ring (bicyclic) bond motifs is 2. The standard InChI is InChI=1S/C30H17Cl3N4O5/c31-20-7-5-17(6-8-20)16-41-28-19(12-22(33)14-25(28)37(39)40)15-34-36-29(35-24-4-2-1-3-23(24)30(36)38)27-13-18-11-21(32)9-10-26(18)42-27/h1-15H,16H2. The first-order valence-electron chi connectivity index (χ1n) is 12.4. The Hall–Kier alpha value is -4.70. The van der Waals surface area contributed by atoms with Gasteiger partial charge in [0.05, 0.1) is 22.0 Å². The molecule has 4 aromatic carbocycles. The Balaban J connectivity index is 1.49. The van der Waals surface area contributed by atoms with Crippen LogP contribution < -0.4 is 10.3 Å². The van der Waals surface area contributed by atoms with Crippen molar-refractivity contribution >= 4 is 68.6 Å². The number of ether oxygens (including phenoxy) is 1. The van der Waals surface area contributed by atoms with E-state index in [1.807, 2.05) is 0 Å². The van der Waals surface area contributed by atoms with Crippen LogP contribution in [0.4, 0.5) is 5.69 Å². The maximum Gasteiger partial charge on any atom is 0.313 e. The van der Waals surface area contributed by atoms with E-state index in [1.165, 1.54) is 18.3 Å². The molecule has 6 rings (SSSR count). The zero-order valence-corrected chi connectivity index (χ0v) is 23.6. The highest BCUT2D eigenvalue weighted by Crippen LogP contribution is 2.35. The number of aromatic nitrogens is 2. The van der Waals surface area contributed by atoms with Crippen LogP contribution in [-0.4, -0.2) is 20.8 Å². The Morgan fingerprint density at radius 1 is 0.952 bits per heavy atom. The molecule has 0 saturated heterocycles. The fourth-order valence-corrected chi connectivity index (χ4v) is 4.89. The number of hydrogen-bond donors (Lipinski definition) is 0. The SMILES string of the molecule is O=c1c2ccccc2nc(-c2cc3cc(Cl)ccc3o2)n1N=Cc1cc(Cl)cc([N+](=O)[O-])c1OCc1ccc(Cl)cc1. The second-order valence-electron chi connectivity index (χ2n) is 9.12. The third kappa shape index (κ3) is 5.45. The summed E-state index contributed by atoms with van der Waals surface area (Å²) >= 11 is 18.3. The van der Waals surface area contributed by atoms with Gasteiger partial charge in [0.15, 0.2) is 5.76 Å². The van der Waals surface area contributed by atoms with Gasteiger partial charge in [-0.05, 0) is 60.2 Å². The lowest BCUT2D eigenvalue weighted by atomic mass is 10.2. The molecule has 42 heavy (non-hydrogen) atoms. The average Bonchev–Trinajstić information content (AvgIpc) is 3.39. The number of rotatable bonds is 7. The molecule has 0 aliphatic carbocycles. The van der Waals surface area contributed by atoms with Gasteiger partial charge >= 0.3 is 5.69 Å². The largest absolute Gasteiger partial charge is 0.481 e.